The van der Waals surface area contributed by atoms with Gasteiger partial charge in [0.2, 0.25) is 0 Å². The van der Waals surface area contributed by atoms with Crippen LogP contribution >= 0.6 is 0 Å². The van der Waals surface area contributed by atoms with E-state index in [0.717, 1.165) is 13.0 Å². The second kappa shape index (κ2) is 5.26. The highest BCUT2D eigenvalue weighted by Gasteiger charge is 1.98. The molecule has 2 aromatic heterocycles. The fourth-order valence-corrected chi connectivity index (χ4v) is 1.46. The van der Waals surface area contributed by atoms with Crippen molar-refractivity contribution in [3.8, 4) is 0 Å². The molecule has 0 aliphatic rings. The molecule has 7 nitrogen and oxygen atoms in total. The number of nitrogens with zero attached hydrogens (tertiary/aromatic N) is 4. The fourth-order valence-electron chi connectivity index (χ4n) is 1.46. The van der Waals surface area contributed by atoms with Crippen molar-refractivity contribution in [2.45, 2.75) is 6.42 Å². The first-order valence-electron chi connectivity index (χ1n) is 5.28. The van der Waals surface area contributed by atoms with Crippen molar-refractivity contribution in [3.63, 3.8) is 0 Å². The topological polar surface area (TPSA) is 93.7 Å². The van der Waals surface area contributed by atoms with Crippen LogP contribution in [0, 0.1) is 0 Å². The highest BCUT2D eigenvalue weighted by Crippen LogP contribution is 2.05. The van der Waals surface area contributed by atoms with E-state index in [4.69, 9.17) is 5.84 Å². The molecular weight excluding hydrogens is 218 g/mol. The lowest BCUT2D eigenvalue weighted by Crippen LogP contribution is -2.11. The van der Waals surface area contributed by atoms with Crippen molar-refractivity contribution in [2.75, 3.05) is 17.3 Å². The number of rotatable bonds is 5. The van der Waals surface area contributed by atoms with Crippen LogP contribution in [0.15, 0.2) is 24.8 Å². The second-order valence-electron chi connectivity index (χ2n) is 3.63. The number of nitrogens with one attached hydrogen (secondary N) is 2. The highest BCUT2D eigenvalue weighted by atomic mass is 15.3. The highest BCUT2D eigenvalue weighted by molar-refractivity contribution is 5.40. The van der Waals surface area contributed by atoms with Gasteiger partial charge in [0.05, 0.1) is 18.6 Å². The van der Waals surface area contributed by atoms with Crippen LogP contribution in [0.25, 0.3) is 0 Å². The van der Waals surface area contributed by atoms with Crippen LogP contribution in [0.1, 0.15) is 5.56 Å². The summed E-state index contributed by atoms with van der Waals surface area (Å²) < 4.78 is 1.79. The van der Waals surface area contributed by atoms with Crippen molar-refractivity contribution >= 4 is 11.6 Å². The summed E-state index contributed by atoms with van der Waals surface area (Å²) in [5.41, 5.74) is 3.63. The normalized spacial score (nSPS) is 10.2. The van der Waals surface area contributed by atoms with Crippen LogP contribution < -0.4 is 16.6 Å². The maximum absolute atomic E-state index is 5.25. The third-order valence-electron chi connectivity index (χ3n) is 2.26. The van der Waals surface area contributed by atoms with Crippen LogP contribution in [0.2, 0.25) is 0 Å². The van der Waals surface area contributed by atoms with E-state index in [1.54, 1.807) is 17.1 Å². The molecule has 0 saturated carbocycles. The molecule has 0 bridgehead atoms. The van der Waals surface area contributed by atoms with Crippen LogP contribution in [0.5, 0.6) is 0 Å². The summed E-state index contributed by atoms with van der Waals surface area (Å²) in [7, 11) is 1.90. The molecule has 0 fully saturated rings. The van der Waals surface area contributed by atoms with Gasteiger partial charge in [0, 0.05) is 19.8 Å². The first-order valence-corrected chi connectivity index (χ1v) is 5.28. The molecule has 0 aliphatic carbocycles. The van der Waals surface area contributed by atoms with Gasteiger partial charge in [-0.05, 0) is 12.0 Å². The van der Waals surface area contributed by atoms with Gasteiger partial charge in [-0.25, -0.2) is 10.8 Å². The van der Waals surface area contributed by atoms with E-state index in [1.165, 1.54) is 5.56 Å². The predicted molar refractivity (Wildman–Crippen MR) is 65.2 cm³/mol. The Hall–Kier alpha value is -2.15. The molecule has 0 aliphatic heterocycles. The zero-order valence-electron chi connectivity index (χ0n) is 9.59. The molecule has 0 radical (unpaired) electrons. The molecule has 0 amide bonds. The average molecular weight is 233 g/mol. The number of nitrogen functional groups attached to an aromatic ring is 1. The van der Waals surface area contributed by atoms with Crippen LogP contribution in [-0.2, 0) is 13.5 Å². The quantitative estimate of drug-likeness (QED) is 0.503. The number of hydrogen-bond acceptors (Lipinski definition) is 6. The summed E-state index contributed by atoms with van der Waals surface area (Å²) in [6.45, 7) is 0.772. The zero-order chi connectivity index (χ0) is 12.1. The Morgan fingerprint density at radius 2 is 2.12 bits per heavy atom. The summed E-state index contributed by atoms with van der Waals surface area (Å²) >= 11 is 0. The van der Waals surface area contributed by atoms with Crippen molar-refractivity contribution in [1.82, 2.24) is 19.7 Å². The van der Waals surface area contributed by atoms with E-state index in [9.17, 15) is 0 Å². The third kappa shape index (κ3) is 3.15. The first-order chi connectivity index (χ1) is 8.28. The van der Waals surface area contributed by atoms with Gasteiger partial charge in [-0.2, -0.15) is 5.10 Å². The standard InChI is InChI=1S/C10H15N7/c1-17-7-8(4-14-17)2-3-13-9-5-12-6-10(15-9)16-11/h4-7H,2-3,11H2,1H3,(H2,13,15,16). The molecule has 7 heteroatoms. The summed E-state index contributed by atoms with van der Waals surface area (Å²) in [4.78, 5) is 8.20. The van der Waals surface area contributed by atoms with Crippen molar-refractivity contribution < 1.29 is 0 Å². The largest absolute Gasteiger partial charge is 0.368 e. The van der Waals surface area contributed by atoms with E-state index in [1.807, 2.05) is 19.4 Å². The lowest BCUT2D eigenvalue weighted by Gasteiger charge is -2.05. The number of hydrogen-bond donors (Lipinski definition) is 3. The van der Waals surface area contributed by atoms with Gasteiger partial charge in [0.25, 0.3) is 0 Å². The molecule has 2 aromatic rings. The molecule has 2 rings (SSSR count). The van der Waals surface area contributed by atoms with Crippen molar-refractivity contribution in [2.24, 2.45) is 12.9 Å². The summed E-state index contributed by atoms with van der Waals surface area (Å²) in [5.74, 6) is 6.49. The smallest absolute Gasteiger partial charge is 0.160 e. The van der Waals surface area contributed by atoms with Crippen LogP contribution in [-0.4, -0.2) is 26.3 Å². The average Bonchev–Trinajstić information content (AvgIpc) is 2.75. The molecule has 90 valence electrons. The van der Waals surface area contributed by atoms with E-state index < -0.39 is 0 Å². The molecular formula is C10H15N7. The molecule has 0 saturated heterocycles. The van der Waals surface area contributed by atoms with Crippen LogP contribution in [0.4, 0.5) is 11.6 Å². The third-order valence-corrected chi connectivity index (χ3v) is 2.26. The SMILES string of the molecule is Cn1cc(CCNc2cncc(NN)n2)cn1. The summed E-state index contributed by atoms with van der Waals surface area (Å²) in [5, 5.41) is 7.27. The minimum Gasteiger partial charge on any atom is -0.368 e. The Morgan fingerprint density at radius 3 is 2.82 bits per heavy atom. The minimum atomic E-state index is 0.538. The number of anilines is 2. The predicted octanol–water partition coefficient (Wildman–Crippen LogP) is 0.150. The molecule has 0 unspecified atom stereocenters. The fraction of sp³-hybridized carbons (Fsp3) is 0.300. The Balaban J connectivity index is 1.85. The van der Waals surface area contributed by atoms with Crippen molar-refractivity contribution in [3.05, 3.63) is 30.4 Å². The molecule has 2 heterocycles. The Morgan fingerprint density at radius 1 is 1.29 bits per heavy atom. The second-order valence-corrected chi connectivity index (χ2v) is 3.63. The molecule has 0 atom stereocenters. The zero-order valence-corrected chi connectivity index (χ0v) is 9.59. The van der Waals surface area contributed by atoms with Gasteiger partial charge < -0.3 is 10.7 Å². The molecule has 17 heavy (non-hydrogen) atoms. The molecule has 0 spiro atoms. The monoisotopic (exact) mass is 233 g/mol. The molecule has 0 aromatic carbocycles. The van der Waals surface area contributed by atoms with Gasteiger partial charge in [-0.3, -0.25) is 9.67 Å². The van der Waals surface area contributed by atoms with Gasteiger partial charge in [0.15, 0.2) is 5.82 Å². The van der Waals surface area contributed by atoms with E-state index in [2.05, 4.69) is 25.8 Å². The number of aryl methyl sites for hydroxylation is 1. The van der Waals surface area contributed by atoms with E-state index in [0.29, 0.717) is 11.6 Å². The first kappa shape index (κ1) is 11.3. The lowest BCUT2D eigenvalue weighted by atomic mass is 10.2. The van der Waals surface area contributed by atoms with Crippen LogP contribution in [0.3, 0.4) is 0 Å². The maximum Gasteiger partial charge on any atom is 0.160 e. The number of nitrogens with two attached hydrogens (primary N) is 1. The number of aromatic nitrogens is 4. The molecule has 4 N–H and O–H groups in total. The van der Waals surface area contributed by atoms with Gasteiger partial charge in [-0.1, -0.05) is 0 Å². The summed E-state index contributed by atoms with van der Waals surface area (Å²) in [6.07, 6.45) is 7.95. The Bertz CT molecular complexity index is 479. The van der Waals surface area contributed by atoms with E-state index >= 15 is 0 Å². The minimum absolute atomic E-state index is 0.538. The lowest BCUT2D eigenvalue weighted by molar-refractivity contribution is 0.767. The van der Waals surface area contributed by atoms with Gasteiger partial charge >= 0.3 is 0 Å². The van der Waals surface area contributed by atoms with Gasteiger partial charge in [-0.15, -0.1) is 0 Å². The van der Waals surface area contributed by atoms with E-state index in [-0.39, 0.29) is 0 Å². The summed E-state index contributed by atoms with van der Waals surface area (Å²) in [6, 6.07) is 0. The Kier molecular flexibility index (Phi) is 3.51. The Labute approximate surface area is 99.0 Å². The maximum atomic E-state index is 5.25. The number of hydrazine groups is 1. The van der Waals surface area contributed by atoms with Crippen molar-refractivity contribution in [1.29, 1.82) is 0 Å². The van der Waals surface area contributed by atoms with Gasteiger partial charge in [0.1, 0.15) is 5.82 Å².